The van der Waals surface area contributed by atoms with Crippen LogP contribution in [0.2, 0.25) is 18.1 Å². The quantitative estimate of drug-likeness (QED) is 0.644. The maximum absolute atomic E-state index is 14.9. The van der Waals surface area contributed by atoms with Gasteiger partial charge in [-0.1, -0.05) is 27.7 Å². The summed E-state index contributed by atoms with van der Waals surface area (Å²) in [5, 5.41) is -0.123. The summed E-state index contributed by atoms with van der Waals surface area (Å²) in [5.41, 5.74) is 0.267. The highest BCUT2D eigenvalue weighted by atomic mass is 28.4. The molecule has 0 amide bonds. The molecule has 0 bridgehead atoms. The Morgan fingerprint density at radius 3 is 2.36 bits per heavy atom. The SMILES string of the molecule is COc1cc(N2CCCC(C)C2)c(F)c(F)c1O[Si](C)(C)C(C)(C)C. The molecule has 1 fully saturated rings. The van der Waals surface area contributed by atoms with E-state index in [-0.39, 0.29) is 22.2 Å². The molecule has 1 aromatic carbocycles. The molecule has 6 heteroatoms. The molecule has 0 aliphatic carbocycles. The van der Waals surface area contributed by atoms with Gasteiger partial charge in [0.2, 0.25) is 5.82 Å². The molecule has 1 aliphatic heterocycles. The van der Waals surface area contributed by atoms with E-state index >= 15 is 0 Å². The Morgan fingerprint density at radius 2 is 1.84 bits per heavy atom. The van der Waals surface area contributed by atoms with E-state index in [0.29, 0.717) is 5.92 Å². The van der Waals surface area contributed by atoms with Crippen molar-refractivity contribution in [3.05, 3.63) is 17.7 Å². The van der Waals surface area contributed by atoms with Gasteiger partial charge in [0.05, 0.1) is 12.8 Å². The third kappa shape index (κ3) is 4.10. The minimum Gasteiger partial charge on any atom is -0.539 e. The number of methoxy groups -OCH3 is 1. The van der Waals surface area contributed by atoms with Gasteiger partial charge in [-0.15, -0.1) is 0 Å². The van der Waals surface area contributed by atoms with Crippen molar-refractivity contribution in [1.82, 2.24) is 0 Å². The molecule has 0 N–H and O–H groups in total. The van der Waals surface area contributed by atoms with Crippen LogP contribution < -0.4 is 14.1 Å². The van der Waals surface area contributed by atoms with Crippen LogP contribution in [0.4, 0.5) is 14.5 Å². The number of rotatable bonds is 4. The third-order valence-electron chi connectivity index (χ3n) is 5.49. The number of benzene rings is 1. The van der Waals surface area contributed by atoms with Gasteiger partial charge in [-0.25, -0.2) is 4.39 Å². The van der Waals surface area contributed by atoms with Gasteiger partial charge in [-0.05, 0) is 36.9 Å². The fourth-order valence-electron chi connectivity index (χ4n) is 2.87. The summed E-state index contributed by atoms with van der Waals surface area (Å²) in [7, 11) is -0.850. The predicted molar refractivity (Wildman–Crippen MR) is 101 cm³/mol. The molecule has 1 saturated heterocycles. The average molecular weight is 372 g/mol. The zero-order valence-corrected chi connectivity index (χ0v) is 17.5. The highest BCUT2D eigenvalue weighted by Crippen LogP contribution is 2.44. The highest BCUT2D eigenvalue weighted by molar-refractivity contribution is 6.74. The smallest absolute Gasteiger partial charge is 0.250 e. The van der Waals surface area contributed by atoms with E-state index in [0.717, 1.165) is 25.9 Å². The summed E-state index contributed by atoms with van der Waals surface area (Å²) in [6.45, 7) is 13.8. The molecule has 1 unspecified atom stereocenters. The van der Waals surface area contributed by atoms with Crippen molar-refractivity contribution in [1.29, 1.82) is 0 Å². The minimum atomic E-state index is -2.32. The Kier molecular flexibility index (Phi) is 5.71. The molecule has 142 valence electrons. The largest absolute Gasteiger partial charge is 0.539 e. The van der Waals surface area contributed by atoms with Crippen LogP contribution in [0.5, 0.6) is 11.5 Å². The van der Waals surface area contributed by atoms with E-state index in [4.69, 9.17) is 9.16 Å². The number of piperidine rings is 1. The second kappa shape index (κ2) is 7.14. The highest BCUT2D eigenvalue weighted by Gasteiger charge is 2.41. The second-order valence-electron chi connectivity index (χ2n) is 8.61. The number of halogens is 2. The summed E-state index contributed by atoms with van der Waals surface area (Å²) in [5.74, 6) is -1.16. The first-order valence-electron chi connectivity index (χ1n) is 8.98. The van der Waals surface area contributed by atoms with Gasteiger partial charge in [-0.3, -0.25) is 0 Å². The van der Waals surface area contributed by atoms with Crippen molar-refractivity contribution in [2.45, 2.75) is 58.7 Å². The maximum Gasteiger partial charge on any atom is 0.250 e. The van der Waals surface area contributed by atoms with Crippen molar-refractivity contribution in [2.75, 3.05) is 25.1 Å². The van der Waals surface area contributed by atoms with Crippen LogP contribution in [-0.4, -0.2) is 28.5 Å². The first-order valence-corrected chi connectivity index (χ1v) is 11.9. The molecule has 0 spiro atoms. The number of ether oxygens (including phenoxy) is 1. The van der Waals surface area contributed by atoms with Gasteiger partial charge in [0.15, 0.2) is 17.3 Å². The van der Waals surface area contributed by atoms with Crippen LogP contribution in [0.1, 0.15) is 40.5 Å². The van der Waals surface area contributed by atoms with Crippen LogP contribution in [0.15, 0.2) is 6.07 Å². The van der Waals surface area contributed by atoms with Crippen molar-refractivity contribution in [3.63, 3.8) is 0 Å². The Morgan fingerprint density at radius 1 is 1.20 bits per heavy atom. The molecule has 0 radical (unpaired) electrons. The Balaban J connectivity index is 2.45. The molecular weight excluding hydrogens is 340 g/mol. The fourth-order valence-corrected chi connectivity index (χ4v) is 3.87. The lowest BCUT2D eigenvalue weighted by Gasteiger charge is -2.37. The zero-order valence-electron chi connectivity index (χ0n) is 16.5. The first-order chi connectivity index (χ1) is 11.5. The van der Waals surface area contributed by atoms with E-state index in [9.17, 15) is 8.78 Å². The van der Waals surface area contributed by atoms with Gasteiger partial charge in [0.25, 0.3) is 8.32 Å². The molecule has 25 heavy (non-hydrogen) atoms. The molecule has 1 aliphatic rings. The third-order valence-corrected chi connectivity index (χ3v) is 9.82. The molecule has 0 saturated carbocycles. The first kappa shape index (κ1) is 20.0. The topological polar surface area (TPSA) is 21.7 Å². The second-order valence-corrected chi connectivity index (χ2v) is 13.3. The van der Waals surface area contributed by atoms with Gasteiger partial charge in [-0.2, -0.15) is 4.39 Å². The van der Waals surface area contributed by atoms with Crippen molar-refractivity contribution < 1.29 is 17.9 Å². The van der Waals surface area contributed by atoms with E-state index in [1.165, 1.54) is 7.11 Å². The summed E-state index contributed by atoms with van der Waals surface area (Å²) < 4.78 is 41.1. The monoisotopic (exact) mass is 371 g/mol. The Labute approximate surface area is 151 Å². The number of hydrogen-bond acceptors (Lipinski definition) is 3. The summed E-state index contributed by atoms with van der Waals surface area (Å²) >= 11 is 0. The number of anilines is 1. The van der Waals surface area contributed by atoms with Crippen molar-refractivity contribution in [2.24, 2.45) is 5.92 Å². The zero-order chi connectivity index (χ0) is 19.0. The van der Waals surface area contributed by atoms with Gasteiger partial charge < -0.3 is 14.1 Å². The van der Waals surface area contributed by atoms with Gasteiger partial charge in [0.1, 0.15) is 0 Å². The van der Waals surface area contributed by atoms with E-state index in [2.05, 4.69) is 27.7 Å². The molecule has 2 rings (SSSR count). The van der Waals surface area contributed by atoms with Crippen LogP contribution in [-0.2, 0) is 0 Å². The molecule has 0 aromatic heterocycles. The lowest BCUT2D eigenvalue weighted by atomic mass is 9.99. The maximum atomic E-state index is 14.9. The predicted octanol–water partition coefficient (Wildman–Crippen LogP) is 5.59. The van der Waals surface area contributed by atoms with E-state index in [1.807, 2.05) is 18.0 Å². The number of hydrogen-bond donors (Lipinski definition) is 0. The lowest BCUT2D eigenvalue weighted by molar-refractivity contribution is 0.362. The van der Waals surface area contributed by atoms with Gasteiger partial charge >= 0.3 is 0 Å². The molecular formula is C19H31F2NO2Si. The van der Waals surface area contributed by atoms with E-state index < -0.39 is 20.0 Å². The fraction of sp³-hybridized carbons (Fsp3) is 0.684. The minimum absolute atomic E-state index is 0.0969. The number of nitrogens with zero attached hydrogens (tertiary/aromatic N) is 1. The van der Waals surface area contributed by atoms with Crippen molar-refractivity contribution >= 4 is 14.0 Å². The Hall–Kier alpha value is -1.30. The van der Waals surface area contributed by atoms with Gasteiger partial charge in [0, 0.05) is 19.2 Å². The van der Waals surface area contributed by atoms with Crippen molar-refractivity contribution in [3.8, 4) is 11.5 Å². The Bertz CT molecular complexity index is 629. The molecule has 1 atom stereocenters. The molecule has 1 heterocycles. The summed E-state index contributed by atoms with van der Waals surface area (Å²) in [6, 6.07) is 1.58. The summed E-state index contributed by atoms with van der Waals surface area (Å²) in [6.07, 6.45) is 2.09. The molecule has 3 nitrogen and oxygen atoms in total. The van der Waals surface area contributed by atoms with Crippen LogP contribution in [0.3, 0.4) is 0 Å². The normalized spacial score (nSPS) is 19.1. The summed E-state index contributed by atoms with van der Waals surface area (Å²) in [4.78, 5) is 1.91. The van der Waals surface area contributed by atoms with E-state index in [1.54, 1.807) is 6.07 Å². The lowest BCUT2D eigenvalue weighted by Crippen LogP contribution is -2.44. The standard InChI is InChI=1S/C19H31F2NO2Si/c1-13-9-8-10-22(12-13)14-11-15(23-5)18(17(21)16(14)20)24-25(6,7)19(2,3)4/h11,13H,8-10,12H2,1-7H3. The molecule has 1 aromatic rings. The van der Waals surface area contributed by atoms with Crippen LogP contribution in [0.25, 0.3) is 0 Å². The average Bonchev–Trinajstić information content (AvgIpc) is 2.51. The van der Waals surface area contributed by atoms with Crippen LogP contribution >= 0.6 is 0 Å². The van der Waals surface area contributed by atoms with Crippen LogP contribution in [0, 0.1) is 17.6 Å².